The molecular weight excluding hydrogens is 326 g/mol. The summed E-state index contributed by atoms with van der Waals surface area (Å²) in [5, 5.41) is 12.1. The van der Waals surface area contributed by atoms with Gasteiger partial charge in [-0.1, -0.05) is 11.8 Å². The minimum Gasteiger partial charge on any atom is -0.376 e. The molecule has 1 aliphatic heterocycles. The van der Waals surface area contributed by atoms with Crippen LogP contribution in [0.1, 0.15) is 24.4 Å². The molecule has 2 aromatic heterocycles. The molecule has 0 unspecified atom stereocenters. The minimum atomic E-state index is 0.00230. The predicted molar refractivity (Wildman–Crippen MR) is 91.9 cm³/mol. The van der Waals surface area contributed by atoms with Crippen LogP contribution in [0.4, 0.5) is 0 Å². The Morgan fingerprint density at radius 2 is 2.33 bits per heavy atom. The van der Waals surface area contributed by atoms with E-state index < -0.39 is 0 Å². The second kappa shape index (κ2) is 7.85. The van der Waals surface area contributed by atoms with Crippen molar-refractivity contribution in [1.29, 1.82) is 0 Å². The number of hydrogen-bond acceptors (Lipinski definition) is 5. The Balaban J connectivity index is 1.48. The van der Waals surface area contributed by atoms with Gasteiger partial charge in [0.15, 0.2) is 5.16 Å². The van der Waals surface area contributed by atoms with Gasteiger partial charge in [-0.25, -0.2) is 0 Å². The second-order valence-corrected chi connectivity index (χ2v) is 6.92. The summed E-state index contributed by atoms with van der Waals surface area (Å²) in [5.74, 6) is 1.23. The molecule has 7 nitrogen and oxygen atoms in total. The first-order chi connectivity index (χ1) is 11.6. The van der Waals surface area contributed by atoms with Crippen LogP contribution in [-0.4, -0.2) is 50.2 Å². The monoisotopic (exact) mass is 349 g/mol. The van der Waals surface area contributed by atoms with E-state index in [0.717, 1.165) is 36.9 Å². The summed E-state index contributed by atoms with van der Waals surface area (Å²) >= 11 is 1.40. The highest BCUT2D eigenvalue weighted by Crippen LogP contribution is 2.17. The third-order valence-electron chi connectivity index (χ3n) is 4.20. The first kappa shape index (κ1) is 17.0. The van der Waals surface area contributed by atoms with Gasteiger partial charge in [-0.2, -0.15) is 0 Å². The summed E-state index contributed by atoms with van der Waals surface area (Å²) in [6, 6.07) is 4.08. The van der Waals surface area contributed by atoms with Gasteiger partial charge in [0.2, 0.25) is 5.91 Å². The van der Waals surface area contributed by atoms with Crippen molar-refractivity contribution in [3.63, 3.8) is 0 Å². The molecule has 0 spiro atoms. The summed E-state index contributed by atoms with van der Waals surface area (Å²) in [6.07, 6.45) is 5.02. The highest BCUT2D eigenvalue weighted by Gasteiger charge is 2.17. The van der Waals surface area contributed by atoms with Crippen molar-refractivity contribution >= 4 is 17.7 Å². The molecule has 24 heavy (non-hydrogen) atoms. The molecule has 1 N–H and O–H groups in total. The predicted octanol–water partition coefficient (Wildman–Crippen LogP) is 1.13. The van der Waals surface area contributed by atoms with Gasteiger partial charge < -0.3 is 19.2 Å². The van der Waals surface area contributed by atoms with Gasteiger partial charge >= 0.3 is 0 Å². The maximum atomic E-state index is 11.9. The number of nitrogens with one attached hydrogen (secondary N) is 1. The van der Waals surface area contributed by atoms with E-state index in [4.69, 9.17) is 4.74 Å². The SMILES string of the molecule is Cn1cccc1Cc1nnc(SCC(=O)NC[C@@H]2CCCO2)n1C. The van der Waals surface area contributed by atoms with E-state index in [1.807, 2.05) is 30.9 Å². The molecule has 8 heteroatoms. The number of hydrogen-bond donors (Lipinski definition) is 1. The van der Waals surface area contributed by atoms with Crippen LogP contribution in [-0.2, 0) is 30.0 Å². The zero-order valence-corrected chi connectivity index (χ0v) is 14.9. The quantitative estimate of drug-likeness (QED) is 0.759. The van der Waals surface area contributed by atoms with Gasteiger partial charge in [-0.05, 0) is 25.0 Å². The number of rotatable bonds is 7. The number of aromatic nitrogens is 4. The largest absolute Gasteiger partial charge is 0.376 e. The van der Waals surface area contributed by atoms with Crippen molar-refractivity contribution in [3.05, 3.63) is 29.8 Å². The Labute approximate surface area is 145 Å². The lowest BCUT2D eigenvalue weighted by atomic mass is 10.2. The van der Waals surface area contributed by atoms with Crippen LogP contribution < -0.4 is 5.32 Å². The van der Waals surface area contributed by atoms with Gasteiger partial charge in [-0.3, -0.25) is 4.79 Å². The molecule has 3 heterocycles. The number of carbonyl (C=O) groups is 1. The van der Waals surface area contributed by atoms with Crippen molar-refractivity contribution in [2.24, 2.45) is 14.1 Å². The fourth-order valence-electron chi connectivity index (χ4n) is 2.68. The van der Waals surface area contributed by atoms with Gasteiger partial charge in [0.1, 0.15) is 5.82 Å². The van der Waals surface area contributed by atoms with E-state index in [-0.39, 0.29) is 12.0 Å². The lowest BCUT2D eigenvalue weighted by Gasteiger charge is -2.10. The Hall–Kier alpha value is -1.80. The van der Waals surface area contributed by atoms with Crippen LogP contribution in [0.15, 0.2) is 23.5 Å². The van der Waals surface area contributed by atoms with E-state index in [9.17, 15) is 4.79 Å². The summed E-state index contributed by atoms with van der Waals surface area (Å²) in [7, 11) is 3.95. The van der Waals surface area contributed by atoms with Crippen LogP contribution in [0, 0.1) is 0 Å². The van der Waals surface area contributed by atoms with Crippen LogP contribution >= 0.6 is 11.8 Å². The molecule has 1 aliphatic rings. The number of ether oxygens (including phenoxy) is 1. The summed E-state index contributed by atoms with van der Waals surface area (Å²) in [4.78, 5) is 11.9. The smallest absolute Gasteiger partial charge is 0.230 e. The molecule has 1 saturated heterocycles. The van der Waals surface area contributed by atoms with Crippen LogP contribution in [0.5, 0.6) is 0 Å². The molecule has 1 fully saturated rings. The first-order valence-electron chi connectivity index (χ1n) is 8.13. The zero-order chi connectivity index (χ0) is 16.9. The third kappa shape index (κ3) is 4.18. The average molecular weight is 349 g/mol. The lowest BCUT2D eigenvalue weighted by Crippen LogP contribution is -2.32. The standard InChI is InChI=1S/C16H23N5O2S/c1-20-7-3-5-12(20)9-14-18-19-16(21(14)2)24-11-15(22)17-10-13-6-4-8-23-13/h3,5,7,13H,4,6,8-11H2,1-2H3,(H,17,22)/t13-/m0/s1. The summed E-state index contributed by atoms with van der Waals surface area (Å²) in [6.45, 7) is 1.40. The van der Waals surface area contributed by atoms with Crippen LogP contribution in [0.25, 0.3) is 0 Å². The summed E-state index contributed by atoms with van der Waals surface area (Å²) < 4.78 is 9.52. The third-order valence-corrected chi connectivity index (χ3v) is 5.22. The van der Waals surface area contributed by atoms with Crippen molar-refractivity contribution in [2.45, 2.75) is 30.5 Å². The van der Waals surface area contributed by atoms with Crippen molar-refractivity contribution in [2.75, 3.05) is 18.9 Å². The highest BCUT2D eigenvalue weighted by atomic mass is 32.2. The van der Waals surface area contributed by atoms with Crippen molar-refractivity contribution < 1.29 is 9.53 Å². The first-order valence-corrected chi connectivity index (χ1v) is 9.11. The molecule has 1 atom stereocenters. The van der Waals surface area contributed by atoms with Gasteiger partial charge in [0, 0.05) is 45.6 Å². The van der Waals surface area contributed by atoms with Crippen LogP contribution in [0.3, 0.4) is 0 Å². The Morgan fingerprint density at radius 3 is 3.04 bits per heavy atom. The molecule has 3 rings (SSSR count). The molecule has 0 aromatic carbocycles. The molecule has 0 bridgehead atoms. The Bertz CT molecular complexity index is 690. The van der Waals surface area contributed by atoms with Crippen molar-refractivity contribution in [1.82, 2.24) is 24.6 Å². The number of thioether (sulfide) groups is 1. The Morgan fingerprint density at radius 1 is 1.46 bits per heavy atom. The molecule has 1 amide bonds. The normalized spacial score (nSPS) is 17.3. The number of aryl methyl sites for hydroxylation is 1. The maximum Gasteiger partial charge on any atom is 0.230 e. The van der Waals surface area contributed by atoms with E-state index in [2.05, 4.69) is 26.1 Å². The molecule has 130 valence electrons. The molecule has 0 aliphatic carbocycles. The molecular formula is C16H23N5O2S. The van der Waals surface area contributed by atoms with E-state index in [1.54, 1.807) is 0 Å². The van der Waals surface area contributed by atoms with Crippen LogP contribution in [0.2, 0.25) is 0 Å². The average Bonchev–Trinajstić information content (AvgIpc) is 3.29. The highest BCUT2D eigenvalue weighted by molar-refractivity contribution is 7.99. The molecule has 2 aromatic rings. The van der Waals surface area contributed by atoms with E-state index >= 15 is 0 Å². The number of carbonyl (C=O) groups excluding carboxylic acids is 1. The topological polar surface area (TPSA) is 74.0 Å². The fraction of sp³-hybridized carbons (Fsp3) is 0.562. The second-order valence-electron chi connectivity index (χ2n) is 5.97. The lowest BCUT2D eigenvalue weighted by molar-refractivity contribution is -0.119. The minimum absolute atomic E-state index is 0.00230. The van der Waals surface area contributed by atoms with Gasteiger partial charge in [0.05, 0.1) is 11.9 Å². The number of nitrogens with zero attached hydrogens (tertiary/aromatic N) is 4. The number of amides is 1. The summed E-state index contributed by atoms with van der Waals surface area (Å²) in [5.41, 5.74) is 1.18. The Kier molecular flexibility index (Phi) is 5.57. The molecule has 0 saturated carbocycles. The van der Waals surface area contributed by atoms with Crippen molar-refractivity contribution in [3.8, 4) is 0 Å². The molecule has 0 radical (unpaired) electrons. The van der Waals surface area contributed by atoms with E-state index in [1.165, 1.54) is 17.5 Å². The fourth-order valence-corrected chi connectivity index (χ4v) is 3.44. The zero-order valence-electron chi connectivity index (χ0n) is 14.1. The maximum absolute atomic E-state index is 11.9. The van der Waals surface area contributed by atoms with E-state index in [0.29, 0.717) is 12.3 Å². The van der Waals surface area contributed by atoms with Gasteiger partial charge in [-0.15, -0.1) is 10.2 Å². The van der Waals surface area contributed by atoms with Gasteiger partial charge in [0.25, 0.3) is 0 Å².